The summed E-state index contributed by atoms with van der Waals surface area (Å²) >= 11 is 0. The van der Waals surface area contributed by atoms with Gasteiger partial charge >= 0.3 is 6.09 Å². The van der Waals surface area contributed by atoms with Gasteiger partial charge in [0.2, 0.25) is 0 Å². The molecule has 0 heterocycles. The van der Waals surface area contributed by atoms with Crippen LogP contribution in [0.25, 0.3) is 0 Å². The molecule has 0 aliphatic heterocycles. The smallest absolute Gasteiger partial charge is 0.402 e. The molecular formula is C13H22FNO3. The second kappa shape index (κ2) is 11.9. The van der Waals surface area contributed by atoms with Crippen molar-refractivity contribution < 1.29 is 19.4 Å². The summed E-state index contributed by atoms with van der Waals surface area (Å²) in [7, 11) is 1.00. The van der Waals surface area contributed by atoms with Crippen LogP contribution < -0.4 is 5.73 Å². The topological polar surface area (TPSA) is 83.5 Å². The molecule has 5 heteroatoms. The number of nitrogens with two attached hydrogens (primary N) is 1. The number of hydrogen-bond acceptors (Lipinski definition) is 2. The minimum absolute atomic E-state index is 0.150. The number of benzene rings is 1. The van der Waals surface area contributed by atoms with Crippen molar-refractivity contribution in [3.8, 4) is 0 Å². The highest BCUT2D eigenvalue weighted by Crippen LogP contribution is 2.09. The molecule has 1 aromatic carbocycles. The third-order valence-corrected chi connectivity index (χ3v) is 1.92. The van der Waals surface area contributed by atoms with Crippen molar-refractivity contribution in [2.24, 2.45) is 11.7 Å². The van der Waals surface area contributed by atoms with E-state index in [1.807, 2.05) is 12.1 Å². The molecule has 1 rings (SSSR count). The monoisotopic (exact) mass is 259 g/mol. The Morgan fingerprint density at radius 2 is 1.67 bits per heavy atom. The van der Waals surface area contributed by atoms with Crippen LogP contribution in [0, 0.1) is 11.7 Å². The van der Waals surface area contributed by atoms with Gasteiger partial charge in [0.25, 0.3) is 0 Å². The Kier molecular flexibility index (Phi) is 12.3. The van der Waals surface area contributed by atoms with E-state index in [9.17, 15) is 4.39 Å². The standard InChI is InChI=1S/C11H15F.CH3NO2.CH4O/c1-9(2)3-4-10-5-7-11(12)8-6-10;2-1(3)4;1-2/h5-9H,3-4H2,1-2H3;2H2,(H,3,4);2H,1H3. The molecule has 0 spiro atoms. The van der Waals surface area contributed by atoms with Gasteiger partial charge in [0, 0.05) is 7.11 Å². The first-order chi connectivity index (χ1) is 8.41. The molecule has 0 atom stereocenters. The van der Waals surface area contributed by atoms with Gasteiger partial charge in [-0.1, -0.05) is 26.0 Å². The van der Waals surface area contributed by atoms with E-state index in [2.05, 4.69) is 19.6 Å². The van der Waals surface area contributed by atoms with Gasteiger partial charge in [-0.3, -0.25) is 0 Å². The molecule has 1 amide bonds. The fourth-order valence-electron chi connectivity index (χ4n) is 1.11. The predicted molar refractivity (Wildman–Crippen MR) is 69.9 cm³/mol. The normalized spacial score (nSPS) is 8.78. The van der Waals surface area contributed by atoms with Crippen LogP contribution in [0.3, 0.4) is 0 Å². The maximum absolute atomic E-state index is 12.5. The minimum Gasteiger partial charge on any atom is -0.465 e. The van der Waals surface area contributed by atoms with Crippen molar-refractivity contribution in [2.75, 3.05) is 7.11 Å². The highest BCUT2D eigenvalue weighted by Gasteiger charge is 1.96. The van der Waals surface area contributed by atoms with E-state index in [0.29, 0.717) is 0 Å². The molecule has 1 aromatic rings. The number of carbonyl (C=O) groups is 1. The van der Waals surface area contributed by atoms with Gasteiger partial charge in [0.15, 0.2) is 0 Å². The van der Waals surface area contributed by atoms with Crippen LogP contribution in [-0.2, 0) is 6.42 Å². The van der Waals surface area contributed by atoms with E-state index in [1.54, 1.807) is 0 Å². The third kappa shape index (κ3) is 14.4. The maximum Gasteiger partial charge on any atom is 0.402 e. The van der Waals surface area contributed by atoms with E-state index in [0.717, 1.165) is 19.4 Å². The van der Waals surface area contributed by atoms with E-state index in [4.69, 9.17) is 15.0 Å². The van der Waals surface area contributed by atoms with E-state index < -0.39 is 6.09 Å². The summed E-state index contributed by atoms with van der Waals surface area (Å²) in [5, 5.41) is 14.2. The zero-order valence-electron chi connectivity index (χ0n) is 11.1. The number of amides is 1. The molecule has 0 fully saturated rings. The predicted octanol–water partition coefficient (Wildman–Crippen LogP) is 2.65. The second-order valence-electron chi connectivity index (χ2n) is 3.90. The van der Waals surface area contributed by atoms with Crippen molar-refractivity contribution in [1.29, 1.82) is 0 Å². The number of rotatable bonds is 3. The summed E-state index contributed by atoms with van der Waals surface area (Å²) in [6.45, 7) is 4.40. The lowest BCUT2D eigenvalue weighted by Crippen LogP contribution is -2.03. The Morgan fingerprint density at radius 3 is 2.00 bits per heavy atom. The lowest BCUT2D eigenvalue weighted by Gasteiger charge is -2.03. The molecule has 104 valence electrons. The van der Waals surface area contributed by atoms with Crippen LogP contribution in [-0.4, -0.2) is 23.4 Å². The van der Waals surface area contributed by atoms with Crippen LogP contribution in [0.2, 0.25) is 0 Å². The molecular weight excluding hydrogens is 237 g/mol. The number of primary amides is 1. The van der Waals surface area contributed by atoms with E-state index in [1.165, 1.54) is 24.1 Å². The Balaban J connectivity index is 0. The van der Waals surface area contributed by atoms with Crippen molar-refractivity contribution >= 4 is 6.09 Å². The van der Waals surface area contributed by atoms with Crippen molar-refractivity contribution in [1.82, 2.24) is 0 Å². The number of aliphatic hydroxyl groups excluding tert-OH is 1. The quantitative estimate of drug-likeness (QED) is 0.780. The highest BCUT2D eigenvalue weighted by atomic mass is 19.1. The lowest BCUT2D eigenvalue weighted by atomic mass is 10.0. The summed E-state index contributed by atoms with van der Waals surface area (Å²) in [5.41, 5.74) is 5.25. The fraction of sp³-hybridized carbons (Fsp3) is 0.462. The summed E-state index contributed by atoms with van der Waals surface area (Å²) in [6, 6.07) is 6.76. The second-order valence-corrected chi connectivity index (χ2v) is 3.90. The Labute approximate surface area is 107 Å². The van der Waals surface area contributed by atoms with Crippen LogP contribution in [0.4, 0.5) is 9.18 Å². The number of halogens is 1. The summed E-state index contributed by atoms with van der Waals surface area (Å²) in [6.07, 6.45) is 0.892. The largest absolute Gasteiger partial charge is 0.465 e. The Hall–Kier alpha value is -1.62. The van der Waals surface area contributed by atoms with Gasteiger partial charge in [-0.2, -0.15) is 0 Å². The average Bonchev–Trinajstić information content (AvgIpc) is 2.30. The zero-order valence-corrected chi connectivity index (χ0v) is 11.1. The lowest BCUT2D eigenvalue weighted by molar-refractivity contribution is 0.205. The SMILES string of the molecule is CC(C)CCc1ccc(F)cc1.CO.NC(=O)O. The first-order valence-corrected chi connectivity index (χ1v) is 5.59. The van der Waals surface area contributed by atoms with Crippen molar-refractivity contribution in [3.63, 3.8) is 0 Å². The van der Waals surface area contributed by atoms with E-state index in [-0.39, 0.29) is 5.82 Å². The number of aryl methyl sites for hydroxylation is 1. The molecule has 0 saturated carbocycles. The average molecular weight is 259 g/mol. The molecule has 0 bridgehead atoms. The molecule has 0 aliphatic rings. The summed E-state index contributed by atoms with van der Waals surface area (Å²) in [4.78, 5) is 8.78. The molecule has 0 unspecified atom stereocenters. The van der Waals surface area contributed by atoms with Gasteiger partial charge in [-0.25, -0.2) is 9.18 Å². The van der Waals surface area contributed by atoms with Gasteiger partial charge in [-0.15, -0.1) is 0 Å². The van der Waals surface area contributed by atoms with Crippen LogP contribution >= 0.6 is 0 Å². The van der Waals surface area contributed by atoms with Crippen LogP contribution in [0.1, 0.15) is 25.8 Å². The molecule has 4 N–H and O–H groups in total. The number of hydrogen-bond donors (Lipinski definition) is 3. The fourth-order valence-corrected chi connectivity index (χ4v) is 1.11. The first-order valence-electron chi connectivity index (χ1n) is 5.59. The molecule has 4 nitrogen and oxygen atoms in total. The van der Waals surface area contributed by atoms with Crippen molar-refractivity contribution in [2.45, 2.75) is 26.7 Å². The highest BCUT2D eigenvalue weighted by molar-refractivity contribution is 5.61. The first kappa shape index (κ1) is 18.7. The van der Waals surface area contributed by atoms with Gasteiger partial charge < -0.3 is 15.9 Å². The number of carboxylic acid groups (broad SMARTS) is 1. The summed E-state index contributed by atoms with van der Waals surface area (Å²) < 4.78 is 12.5. The van der Waals surface area contributed by atoms with Gasteiger partial charge in [0.05, 0.1) is 0 Å². The molecule has 18 heavy (non-hydrogen) atoms. The van der Waals surface area contributed by atoms with E-state index >= 15 is 0 Å². The van der Waals surface area contributed by atoms with Crippen LogP contribution in [0.5, 0.6) is 0 Å². The molecule has 0 radical (unpaired) electrons. The van der Waals surface area contributed by atoms with Gasteiger partial charge in [-0.05, 0) is 36.5 Å². The zero-order chi connectivity index (χ0) is 14.6. The molecule has 0 aromatic heterocycles. The number of aliphatic hydroxyl groups is 1. The van der Waals surface area contributed by atoms with Crippen molar-refractivity contribution in [3.05, 3.63) is 35.6 Å². The van der Waals surface area contributed by atoms with Crippen LogP contribution in [0.15, 0.2) is 24.3 Å². The summed E-state index contributed by atoms with van der Waals surface area (Å²) in [5.74, 6) is 0.568. The Morgan fingerprint density at radius 1 is 1.28 bits per heavy atom. The molecule has 0 aliphatic carbocycles. The minimum atomic E-state index is -1.33. The molecule has 0 saturated heterocycles. The Bertz CT molecular complexity index is 309. The maximum atomic E-state index is 12.5. The third-order valence-electron chi connectivity index (χ3n) is 1.92. The van der Waals surface area contributed by atoms with Gasteiger partial charge in [0.1, 0.15) is 5.82 Å².